The van der Waals surface area contributed by atoms with E-state index in [4.69, 9.17) is 0 Å². The van der Waals surface area contributed by atoms with Gasteiger partial charge < -0.3 is 5.32 Å². The molecule has 0 aliphatic rings. The molecule has 3 rings (SSSR count). The Bertz CT molecular complexity index is 902. The third-order valence-electron chi connectivity index (χ3n) is 3.82. The highest BCUT2D eigenvalue weighted by Gasteiger charge is 2.33. The number of nitrogens with one attached hydrogen (secondary N) is 1. The van der Waals surface area contributed by atoms with Crippen molar-refractivity contribution in [3.05, 3.63) is 83.6 Å². The van der Waals surface area contributed by atoms with Crippen LogP contribution in [0.4, 0.5) is 27.8 Å². The van der Waals surface area contributed by atoms with E-state index in [1.165, 1.54) is 42.6 Å². The van der Waals surface area contributed by atoms with Gasteiger partial charge in [-0.1, -0.05) is 24.3 Å². The molecule has 0 aliphatic carbocycles. The second-order valence-electron chi connectivity index (χ2n) is 5.50. The molecule has 134 valence electrons. The Morgan fingerprint density at radius 1 is 0.808 bits per heavy atom. The highest BCUT2D eigenvalue weighted by atomic mass is 19.4. The molecule has 7 heteroatoms. The van der Waals surface area contributed by atoms with E-state index < -0.39 is 23.4 Å². The fraction of sp³-hybridized carbons (Fsp3) is 0.105. The summed E-state index contributed by atoms with van der Waals surface area (Å²) in [5.74, 6) is -1.39. The van der Waals surface area contributed by atoms with Gasteiger partial charge in [0.1, 0.15) is 17.5 Å². The molecule has 3 aromatic rings. The Kier molecular flexibility index (Phi) is 4.88. The molecular weight excluding hydrogens is 351 g/mol. The van der Waals surface area contributed by atoms with Crippen LogP contribution in [0.15, 0.2) is 60.8 Å². The number of hydrogen-bond donors (Lipinski definition) is 1. The largest absolute Gasteiger partial charge is 0.417 e. The summed E-state index contributed by atoms with van der Waals surface area (Å²) in [5, 5.41) is 2.73. The summed E-state index contributed by atoms with van der Waals surface area (Å²) in [5.41, 5.74) is -0.900. The maximum absolute atomic E-state index is 13.7. The zero-order chi connectivity index (χ0) is 18.7. The molecule has 1 heterocycles. The number of hydrogen-bond acceptors (Lipinski definition) is 2. The Morgan fingerprint density at radius 2 is 1.46 bits per heavy atom. The lowest BCUT2D eigenvalue weighted by Gasteiger charge is -2.16. The van der Waals surface area contributed by atoms with Crippen LogP contribution < -0.4 is 5.32 Å². The molecule has 1 N–H and O–H groups in total. The topological polar surface area (TPSA) is 24.9 Å². The van der Waals surface area contributed by atoms with Gasteiger partial charge in [0.15, 0.2) is 0 Å². The minimum atomic E-state index is -4.54. The van der Waals surface area contributed by atoms with Gasteiger partial charge in [0.05, 0.1) is 5.56 Å². The van der Waals surface area contributed by atoms with E-state index in [9.17, 15) is 22.0 Å². The molecule has 2 aromatic carbocycles. The van der Waals surface area contributed by atoms with Crippen LogP contribution in [-0.4, -0.2) is 4.98 Å². The number of nitrogens with zero attached hydrogens (tertiary/aromatic N) is 1. The van der Waals surface area contributed by atoms with Crippen LogP contribution in [-0.2, 0) is 12.7 Å². The first-order chi connectivity index (χ1) is 12.4. The number of rotatable bonds is 4. The first-order valence-electron chi connectivity index (χ1n) is 7.66. The lowest BCUT2D eigenvalue weighted by atomic mass is 9.99. The van der Waals surface area contributed by atoms with Crippen LogP contribution in [0.2, 0.25) is 0 Å². The summed E-state index contributed by atoms with van der Waals surface area (Å²) in [6, 6.07) is 11.5. The van der Waals surface area contributed by atoms with Gasteiger partial charge in [0.25, 0.3) is 0 Å². The van der Waals surface area contributed by atoms with E-state index in [0.717, 1.165) is 18.2 Å². The number of aromatic nitrogens is 1. The molecule has 0 radical (unpaired) electrons. The van der Waals surface area contributed by atoms with Crippen molar-refractivity contribution in [1.82, 2.24) is 4.98 Å². The Balaban J connectivity index is 1.98. The van der Waals surface area contributed by atoms with Crippen LogP contribution in [0.25, 0.3) is 11.1 Å². The molecule has 0 bridgehead atoms. The van der Waals surface area contributed by atoms with Crippen molar-refractivity contribution in [2.45, 2.75) is 12.7 Å². The van der Waals surface area contributed by atoms with Gasteiger partial charge in [-0.3, -0.25) is 0 Å². The van der Waals surface area contributed by atoms with E-state index in [2.05, 4.69) is 10.3 Å². The predicted octanol–water partition coefficient (Wildman–Crippen LogP) is 5.66. The van der Waals surface area contributed by atoms with Crippen LogP contribution in [0.3, 0.4) is 0 Å². The number of alkyl halides is 3. The van der Waals surface area contributed by atoms with E-state index in [1.54, 1.807) is 0 Å². The maximum Gasteiger partial charge on any atom is 0.417 e. The van der Waals surface area contributed by atoms with E-state index in [-0.39, 0.29) is 29.1 Å². The smallest absolute Gasteiger partial charge is 0.365 e. The first kappa shape index (κ1) is 17.8. The van der Waals surface area contributed by atoms with E-state index in [1.807, 2.05) is 0 Å². The number of benzene rings is 2. The minimum Gasteiger partial charge on any atom is -0.365 e. The van der Waals surface area contributed by atoms with Gasteiger partial charge in [-0.25, -0.2) is 13.8 Å². The van der Waals surface area contributed by atoms with Crippen molar-refractivity contribution >= 4 is 5.82 Å². The van der Waals surface area contributed by atoms with Crippen LogP contribution >= 0.6 is 0 Å². The summed E-state index contributed by atoms with van der Waals surface area (Å²) in [4.78, 5) is 4.03. The van der Waals surface area contributed by atoms with Gasteiger partial charge in [-0.15, -0.1) is 0 Å². The van der Waals surface area contributed by atoms with Crippen molar-refractivity contribution < 1.29 is 22.0 Å². The number of halogens is 5. The third-order valence-corrected chi connectivity index (χ3v) is 3.82. The van der Waals surface area contributed by atoms with Gasteiger partial charge in [0, 0.05) is 23.9 Å². The Hall–Kier alpha value is -2.96. The van der Waals surface area contributed by atoms with E-state index in [0.29, 0.717) is 0 Å². The van der Waals surface area contributed by atoms with Crippen LogP contribution in [0.1, 0.15) is 11.1 Å². The normalized spacial score (nSPS) is 11.4. The molecule has 0 fully saturated rings. The molecule has 1 aromatic heterocycles. The summed E-state index contributed by atoms with van der Waals surface area (Å²) in [7, 11) is 0. The van der Waals surface area contributed by atoms with Crippen molar-refractivity contribution in [3.8, 4) is 11.1 Å². The zero-order valence-electron chi connectivity index (χ0n) is 13.3. The molecule has 0 saturated heterocycles. The fourth-order valence-corrected chi connectivity index (χ4v) is 2.60. The quantitative estimate of drug-likeness (QED) is 0.605. The SMILES string of the molecule is Fc1cccc(F)c1CNc1ncccc1-c1ccccc1C(F)(F)F. The monoisotopic (exact) mass is 364 g/mol. The summed E-state index contributed by atoms with van der Waals surface area (Å²) >= 11 is 0. The van der Waals surface area contributed by atoms with Crippen molar-refractivity contribution in [2.24, 2.45) is 0 Å². The molecule has 0 aliphatic heterocycles. The van der Waals surface area contributed by atoms with E-state index >= 15 is 0 Å². The second kappa shape index (κ2) is 7.11. The first-order valence-corrected chi connectivity index (χ1v) is 7.66. The number of pyridine rings is 1. The standard InChI is InChI=1S/C19H13F5N2/c20-16-8-3-9-17(21)14(16)11-26-18-13(6-4-10-25-18)12-5-1-2-7-15(12)19(22,23)24/h1-10H,11H2,(H,25,26). The highest BCUT2D eigenvalue weighted by molar-refractivity contribution is 5.77. The van der Waals surface area contributed by atoms with Crippen LogP contribution in [0, 0.1) is 11.6 Å². The summed E-state index contributed by atoms with van der Waals surface area (Å²) in [6.07, 6.45) is -3.15. The molecule has 0 atom stereocenters. The van der Waals surface area contributed by atoms with Crippen LogP contribution in [0.5, 0.6) is 0 Å². The molecule has 2 nitrogen and oxygen atoms in total. The highest BCUT2D eigenvalue weighted by Crippen LogP contribution is 2.38. The van der Waals surface area contributed by atoms with Gasteiger partial charge >= 0.3 is 6.18 Å². The van der Waals surface area contributed by atoms with Crippen molar-refractivity contribution in [2.75, 3.05) is 5.32 Å². The fourth-order valence-electron chi connectivity index (χ4n) is 2.60. The summed E-state index contributed by atoms with van der Waals surface area (Å²) in [6.45, 7) is -0.253. The van der Waals surface area contributed by atoms with Gasteiger partial charge in [-0.2, -0.15) is 13.2 Å². The molecule has 26 heavy (non-hydrogen) atoms. The molecule has 0 saturated carbocycles. The van der Waals surface area contributed by atoms with Crippen molar-refractivity contribution in [3.63, 3.8) is 0 Å². The van der Waals surface area contributed by atoms with Gasteiger partial charge in [-0.05, 0) is 35.9 Å². The van der Waals surface area contributed by atoms with Gasteiger partial charge in [0.2, 0.25) is 0 Å². The Labute approximate surface area is 146 Å². The molecule has 0 spiro atoms. The molecule has 0 amide bonds. The number of anilines is 1. The second-order valence-corrected chi connectivity index (χ2v) is 5.50. The summed E-state index contributed by atoms with van der Waals surface area (Å²) < 4.78 is 67.3. The average molecular weight is 364 g/mol. The molecular formula is C19H13F5N2. The van der Waals surface area contributed by atoms with Crippen molar-refractivity contribution in [1.29, 1.82) is 0 Å². The minimum absolute atomic E-state index is 0.0652. The Morgan fingerprint density at radius 3 is 2.15 bits per heavy atom. The maximum atomic E-state index is 13.7. The zero-order valence-corrected chi connectivity index (χ0v) is 13.3. The average Bonchev–Trinajstić information content (AvgIpc) is 2.61. The predicted molar refractivity (Wildman–Crippen MR) is 88.4 cm³/mol. The molecule has 0 unspecified atom stereocenters. The third kappa shape index (κ3) is 3.66. The lowest BCUT2D eigenvalue weighted by Crippen LogP contribution is -2.09. The lowest BCUT2D eigenvalue weighted by molar-refractivity contribution is -0.137.